The maximum absolute atomic E-state index is 13.7. The molecule has 0 aromatic heterocycles. The molecule has 2 aromatic carbocycles. The van der Waals surface area contributed by atoms with Gasteiger partial charge in [0.05, 0.1) is 11.9 Å². The summed E-state index contributed by atoms with van der Waals surface area (Å²) in [6.45, 7) is 0. The number of phenolic OH excluding ortho intramolecular Hbond substituents is 2. The van der Waals surface area contributed by atoms with Gasteiger partial charge in [0.15, 0.2) is 0 Å². The Kier molecular flexibility index (Phi) is 3.64. The lowest BCUT2D eigenvalue weighted by atomic mass is 10.0. The fourth-order valence-corrected chi connectivity index (χ4v) is 2.38. The summed E-state index contributed by atoms with van der Waals surface area (Å²) >= 11 is 0. The second-order valence-corrected chi connectivity index (χ2v) is 5.03. The third-order valence-corrected chi connectivity index (χ3v) is 3.48. The molecule has 3 rings (SSSR count). The molecule has 1 heterocycles. The van der Waals surface area contributed by atoms with Gasteiger partial charge < -0.3 is 15.5 Å². The molecule has 2 aromatic rings. The third kappa shape index (κ3) is 3.07. The molecule has 21 heavy (non-hydrogen) atoms. The van der Waals surface area contributed by atoms with Crippen molar-refractivity contribution in [3.05, 3.63) is 53.8 Å². The Labute approximate surface area is 121 Å². The van der Waals surface area contributed by atoms with Crippen LogP contribution in [0.2, 0.25) is 0 Å². The highest BCUT2D eigenvalue weighted by atomic mass is 19.1. The van der Waals surface area contributed by atoms with Crippen LogP contribution in [-0.4, -0.2) is 16.4 Å². The van der Waals surface area contributed by atoms with Crippen molar-refractivity contribution < 1.29 is 14.6 Å². The van der Waals surface area contributed by atoms with E-state index in [1.807, 2.05) is 12.1 Å². The molecule has 1 aliphatic rings. The van der Waals surface area contributed by atoms with Gasteiger partial charge in [0.25, 0.3) is 0 Å². The summed E-state index contributed by atoms with van der Waals surface area (Å²) in [4.78, 5) is 0. The minimum Gasteiger partial charge on any atom is -0.508 e. The predicted octanol–water partition coefficient (Wildman–Crippen LogP) is 2.21. The maximum atomic E-state index is 13.7. The van der Waals surface area contributed by atoms with Crippen LogP contribution < -0.4 is 16.2 Å². The molecule has 0 bridgehead atoms. The Bertz CT molecular complexity index is 633. The standard InChI is InChI=1S/C15H16FN3O2/c16-12-7-11(21)5-6-13(12)17-15-8-14(18-19-15)9-1-3-10(20)4-2-9/h1-7,14-15,17-21H,8H2. The number of anilines is 1. The molecule has 110 valence electrons. The van der Waals surface area contributed by atoms with Crippen LogP contribution in [0, 0.1) is 5.82 Å². The Morgan fingerprint density at radius 2 is 1.71 bits per heavy atom. The zero-order chi connectivity index (χ0) is 14.8. The fraction of sp³-hybridized carbons (Fsp3) is 0.200. The Morgan fingerprint density at radius 1 is 1.00 bits per heavy atom. The Morgan fingerprint density at radius 3 is 2.43 bits per heavy atom. The maximum Gasteiger partial charge on any atom is 0.150 e. The summed E-state index contributed by atoms with van der Waals surface area (Å²) in [6, 6.07) is 11.0. The van der Waals surface area contributed by atoms with Gasteiger partial charge in [-0.2, -0.15) is 0 Å². The summed E-state index contributed by atoms with van der Waals surface area (Å²) in [5.41, 5.74) is 7.55. The second-order valence-electron chi connectivity index (χ2n) is 5.03. The van der Waals surface area contributed by atoms with Crippen LogP contribution in [0.3, 0.4) is 0 Å². The first-order valence-corrected chi connectivity index (χ1v) is 6.67. The van der Waals surface area contributed by atoms with Crippen LogP contribution in [-0.2, 0) is 0 Å². The molecule has 0 saturated carbocycles. The van der Waals surface area contributed by atoms with Crippen LogP contribution in [0.1, 0.15) is 18.0 Å². The molecule has 0 aliphatic carbocycles. The largest absolute Gasteiger partial charge is 0.508 e. The number of halogens is 1. The highest BCUT2D eigenvalue weighted by Gasteiger charge is 2.25. The quantitative estimate of drug-likeness (QED) is 0.560. The van der Waals surface area contributed by atoms with Crippen molar-refractivity contribution in [1.82, 2.24) is 10.9 Å². The molecular weight excluding hydrogens is 273 g/mol. The average Bonchev–Trinajstić information content (AvgIpc) is 2.91. The number of hydrazine groups is 1. The number of rotatable bonds is 3. The number of nitrogens with one attached hydrogen (secondary N) is 3. The first kappa shape index (κ1) is 13.7. The molecule has 6 heteroatoms. The number of hydrogen-bond acceptors (Lipinski definition) is 5. The van der Waals surface area contributed by atoms with E-state index in [1.54, 1.807) is 12.1 Å². The normalized spacial score (nSPS) is 21.4. The zero-order valence-corrected chi connectivity index (χ0v) is 11.2. The van der Waals surface area contributed by atoms with Crippen LogP contribution in [0.4, 0.5) is 10.1 Å². The van der Waals surface area contributed by atoms with Crippen molar-refractivity contribution in [3.8, 4) is 11.5 Å². The van der Waals surface area contributed by atoms with Gasteiger partial charge in [-0.3, -0.25) is 0 Å². The molecule has 1 aliphatic heterocycles. The van der Waals surface area contributed by atoms with E-state index in [2.05, 4.69) is 16.2 Å². The van der Waals surface area contributed by atoms with Crippen LogP contribution in [0.15, 0.2) is 42.5 Å². The van der Waals surface area contributed by atoms with E-state index in [0.29, 0.717) is 12.1 Å². The zero-order valence-electron chi connectivity index (χ0n) is 11.2. The fourth-order valence-electron chi connectivity index (χ4n) is 2.38. The molecular formula is C15H16FN3O2. The van der Waals surface area contributed by atoms with Gasteiger partial charge in [0.1, 0.15) is 17.3 Å². The van der Waals surface area contributed by atoms with Gasteiger partial charge in [-0.15, -0.1) is 0 Å². The van der Waals surface area contributed by atoms with E-state index in [4.69, 9.17) is 0 Å². The molecule has 2 atom stereocenters. The van der Waals surface area contributed by atoms with Gasteiger partial charge in [-0.1, -0.05) is 12.1 Å². The minimum atomic E-state index is -0.495. The second kappa shape index (κ2) is 5.59. The Balaban J connectivity index is 1.65. The van der Waals surface area contributed by atoms with E-state index in [1.165, 1.54) is 12.1 Å². The highest BCUT2D eigenvalue weighted by Crippen LogP contribution is 2.26. The molecule has 0 amide bonds. The number of phenols is 2. The molecule has 2 unspecified atom stereocenters. The molecule has 5 nitrogen and oxygen atoms in total. The summed E-state index contributed by atoms with van der Waals surface area (Å²) in [7, 11) is 0. The molecule has 0 radical (unpaired) electrons. The summed E-state index contributed by atoms with van der Waals surface area (Å²) < 4.78 is 13.7. The molecule has 1 saturated heterocycles. The van der Waals surface area contributed by atoms with Crippen molar-refractivity contribution in [2.45, 2.75) is 18.6 Å². The molecule has 1 fully saturated rings. The van der Waals surface area contributed by atoms with E-state index in [0.717, 1.165) is 11.6 Å². The number of hydrogen-bond donors (Lipinski definition) is 5. The summed E-state index contributed by atoms with van der Waals surface area (Å²) in [6.07, 6.45) is 0.577. The predicted molar refractivity (Wildman–Crippen MR) is 77.2 cm³/mol. The van der Waals surface area contributed by atoms with Crippen molar-refractivity contribution in [1.29, 1.82) is 0 Å². The summed E-state index contributed by atoms with van der Waals surface area (Å²) in [5.74, 6) is -0.368. The summed E-state index contributed by atoms with van der Waals surface area (Å²) in [5, 5.41) is 21.5. The molecule has 5 N–H and O–H groups in total. The lowest BCUT2D eigenvalue weighted by Gasteiger charge is -2.14. The van der Waals surface area contributed by atoms with Crippen molar-refractivity contribution in [2.75, 3.05) is 5.32 Å². The number of aromatic hydroxyl groups is 2. The van der Waals surface area contributed by atoms with Crippen LogP contribution >= 0.6 is 0 Å². The van der Waals surface area contributed by atoms with E-state index in [-0.39, 0.29) is 23.7 Å². The van der Waals surface area contributed by atoms with Crippen molar-refractivity contribution in [3.63, 3.8) is 0 Å². The monoisotopic (exact) mass is 289 g/mol. The van der Waals surface area contributed by atoms with Crippen molar-refractivity contribution >= 4 is 5.69 Å². The van der Waals surface area contributed by atoms with Gasteiger partial charge in [0.2, 0.25) is 0 Å². The first-order valence-electron chi connectivity index (χ1n) is 6.67. The van der Waals surface area contributed by atoms with E-state index >= 15 is 0 Å². The SMILES string of the molecule is Oc1ccc(C2CC(Nc3ccc(O)cc3F)NN2)cc1. The van der Waals surface area contributed by atoms with E-state index in [9.17, 15) is 14.6 Å². The van der Waals surface area contributed by atoms with Crippen molar-refractivity contribution in [2.24, 2.45) is 0 Å². The smallest absolute Gasteiger partial charge is 0.150 e. The highest BCUT2D eigenvalue weighted by molar-refractivity contribution is 5.48. The van der Waals surface area contributed by atoms with Gasteiger partial charge >= 0.3 is 0 Å². The average molecular weight is 289 g/mol. The topological polar surface area (TPSA) is 76.5 Å². The van der Waals surface area contributed by atoms with Gasteiger partial charge in [0, 0.05) is 18.5 Å². The lowest BCUT2D eigenvalue weighted by Crippen LogP contribution is -2.36. The number of benzene rings is 2. The van der Waals surface area contributed by atoms with Gasteiger partial charge in [-0.25, -0.2) is 15.2 Å². The van der Waals surface area contributed by atoms with Gasteiger partial charge in [-0.05, 0) is 29.8 Å². The third-order valence-electron chi connectivity index (χ3n) is 3.48. The van der Waals surface area contributed by atoms with Crippen LogP contribution in [0.5, 0.6) is 11.5 Å². The Hall–Kier alpha value is -2.31. The molecule has 0 spiro atoms. The first-order chi connectivity index (χ1) is 10.1. The lowest BCUT2D eigenvalue weighted by molar-refractivity contribution is 0.469. The van der Waals surface area contributed by atoms with Crippen LogP contribution in [0.25, 0.3) is 0 Å². The minimum absolute atomic E-state index is 0.0725. The van der Waals surface area contributed by atoms with E-state index < -0.39 is 5.82 Å².